The Labute approximate surface area is 223 Å². The molecule has 0 spiro atoms. The Bertz CT molecular complexity index is 778. The van der Waals surface area contributed by atoms with Crippen molar-refractivity contribution in [2.24, 2.45) is 5.92 Å². The summed E-state index contributed by atoms with van der Waals surface area (Å²) in [6, 6.07) is 8.84. The molecule has 1 aliphatic heterocycles. The summed E-state index contributed by atoms with van der Waals surface area (Å²) in [4.78, 5) is 14.2. The fourth-order valence-corrected chi connectivity index (χ4v) is 5.85. The average molecular weight is 520 g/mol. The van der Waals surface area contributed by atoms with E-state index >= 15 is 0 Å². The van der Waals surface area contributed by atoms with Crippen molar-refractivity contribution < 1.29 is 19.4 Å². The first-order valence-corrected chi connectivity index (χ1v) is 14.5. The molecular weight excluding hydrogens is 474 g/mol. The van der Waals surface area contributed by atoms with E-state index in [0.717, 1.165) is 58.5 Å². The highest BCUT2D eigenvalue weighted by atomic mass is 35.5. The molecule has 1 aromatic rings. The van der Waals surface area contributed by atoms with Crippen LogP contribution in [0.25, 0.3) is 0 Å². The first-order valence-electron chi connectivity index (χ1n) is 14.1. The minimum Gasteiger partial charge on any atom is -0.464 e. The van der Waals surface area contributed by atoms with Crippen molar-refractivity contribution in [1.29, 1.82) is 0 Å². The van der Waals surface area contributed by atoms with Crippen LogP contribution in [0.2, 0.25) is 0 Å². The molecule has 0 unspecified atom stereocenters. The number of hydrogen-bond donors (Lipinski definition) is 1. The molecule has 2 fully saturated rings. The lowest BCUT2D eigenvalue weighted by Gasteiger charge is -2.26. The largest absolute Gasteiger partial charge is 0.464 e. The van der Waals surface area contributed by atoms with Crippen LogP contribution in [0.5, 0.6) is 0 Å². The molecule has 1 aliphatic carbocycles. The summed E-state index contributed by atoms with van der Waals surface area (Å²) < 4.78 is 10.7. The van der Waals surface area contributed by atoms with Gasteiger partial charge in [-0.1, -0.05) is 62.6 Å². The van der Waals surface area contributed by atoms with Crippen LogP contribution in [0.15, 0.2) is 36.4 Å². The summed E-state index contributed by atoms with van der Waals surface area (Å²) in [5, 5.41) is 10.7. The number of aliphatic hydroxyl groups is 1. The second kappa shape index (κ2) is 16.4. The van der Waals surface area contributed by atoms with Crippen molar-refractivity contribution in [1.82, 2.24) is 4.90 Å². The molecule has 2 aliphatic rings. The van der Waals surface area contributed by atoms with Crippen LogP contribution in [0, 0.1) is 5.92 Å². The Balaban J connectivity index is 1.36. The predicted octanol–water partition coefficient (Wildman–Crippen LogP) is 5.87. The smallest absolute Gasteiger partial charge is 0.305 e. The van der Waals surface area contributed by atoms with Crippen LogP contribution in [0.1, 0.15) is 81.8 Å². The van der Waals surface area contributed by atoms with Crippen molar-refractivity contribution >= 4 is 17.6 Å². The third-order valence-electron chi connectivity index (χ3n) is 7.59. The minimum atomic E-state index is -0.395. The molecule has 5 nitrogen and oxygen atoms in total. The van der Waals surface area contributed by atoms with Gasteiger partial charge < -0.3 is 14.6 Å². The molecule has 36 heavy (non-hydrogen) atoms. The lowest BCUT2D eigenvalue weighted by atomic mass is 9.85. The highest BCUT2D eigenvalue weighted by Crippen LogP contribution is 2.44. The van der Waals surface area contributed by atoms with Gasteiger partial charge in [0.2, 0.25) is 0 Å². The summed E-state index contributed by atoms with van der Waals surface area (Å²) in [5.41, 5.74) is 2.57. The van der Waals surface area contributed by atoms with Crippen LogP contribution < -0.4 is 0 Å². The molecule has 1 saturated heterocycles. The molecule has 0 radical (unpaired) electrons. The van der Waals surface area contributed by atoms with Crippen molar-refractivity contribution in [2.45, 2.75) is 88.5 Å². The van der Waals surface area contributed by atoms with Gasteiger partial charge in [0, 0.05) is 37.4 Å². The van der Waals surface area contributed by atoms with E-state index in [9.17, 15) is 9.90 Å². The summed E-state index contributed by atoms with van der Waals surface area (Å²) in [5.74, 6) is 0.177. The number of aliphatic hydroxyl groups excluding tert-OH is 1. The first kappa shape index (κ1) is 29.2. The Morgan fingerprint density at radius 3 is 2.67 bits per heavy atom. The van der Waals surface area contributed by atoms with Gasteiger partial charge in [0.25, 0.3) is 0 Å². The maximum atomic E-state index is 12.0. The number of alkyl halides is 1. The number of halogens is 1. The van der Waals surface area contributed by atoms with Crippen LogP contribution in [0.3, 0.4) is 0 Å². The number of carbonyl (C=O) groups is 1. The highest BCUT2D eigenvalue weighted by Gasteiger charge is 2.41. The third kappa shape index (κ3) is 9.81. The van der Waals surface area contributed by atoms with Gasteiger partial charge >= 0.3 is 5.97 Å². The molecule has 1 heterocycles. The zero-order chi connectivity index (χ0) is 25.6. The molecular formula is C30H46ClNO4. The fraction of sp³-hybridized carbons (Fsp3) is 0.700. The number of allylic oxidation sites excluding steroid dienone is 2. The van der Waals surface area contributed by atoms with E-state index in [4.69, 9.17) is 21.1 Å². The Kier molecular flexibility index (Phi) is 13.3. The van der Waals surface area contributed by atoms with Gasteiger partial charge in [0.15, 0.2) is 0 Å². The molecule has 0 bridgehead atoms. The van der Waals surface area contributed by atoms with Crippen LogP contribution in [-0.2, 0) is 20.7 Å². The van der Waals surface area contributed by atoms with Crippen LogP contribution in [0.4, 0.5) is 0 Å². The minimum absolute atomic E-state index is 0.0233. The fourth-order valence-electron chi connectivity index (χ4n) is 5.41. The van der Waals surface area contributed by atoms with Gasteiger partial charge in [-0.25, -0.2) is 0 Å². The lowest BCUT2D eigenvalue weighted by Crippen LogP contribution is -2.38. The van der Waals surface area contributed by atoms with Crippen molar-refractivity contribution in [3.05, 3.63) is 47.5 Å². The monoisotopic (exact) mass is 519 g/mol. The zero-order valence-corrected chi connectivity index (χ0v) is 22.8. The summed E-state index contributed by atoms with van der Waals surface area (Å²) in [6.45, 7) is 6.82. The molecule has 0 amide bonds. The number of nitrogens with zero attached hydrogens (tertiary/aromatic N) is 1. The second-order valence-corrected chi connectivity index (χ2v) is 10.9. The van der Waals surface area contributed by atoms with Gasteiger partial charge in [-0.15, -0.1) is 11.6 Å². The zero-order valence-electron chi connectivity index (χ0n) is 22.1. The number of morpholine rings is 1. The number of hydrogen-bond acceptors (Lipinski definition) is 5. The first-order chi connectivity index (χ1) is 17.6. The van der Waals surface area contributed by atoms with Gasteiger partial charge in [0.1, 0.15) is 6.61 Å². The number of aryl methyl sites for hydroxylation is 1. The van der Waals surface area contributed by atoms with Crippen LogP contribution >= 0.6 is 11.6 Å². The number of esters is 1. The van der Waals surface area contributed by atoms with E-state index in [-0.39, 0.29) is 23.2 Å². The average Bonchev–Trinajstić information content (AvgIpc) is 3.17. The van der Waals surface area contributed by atoms with E-state index in [0.29, 0.717) is 19.4 Å². The van der Waals surface area contributed by atoms with E-state index in [1.165, 1.54) is 36.8 Å². The Hall–Kier alpha value is -1.40. The summed E-state index contributed by atoms with van der Waals surface area (Å²) in [6.07, 6.45) is 13.7. The van der Waals surface area contributed by atoms with Gasteiger partial charge in [-0.05, 0) is 55.6 Å². The SMILES string of the molecule is CCCCCCc1ccc([C@@H]2[C@@H](C/C=C\CCCC(=O)OCCN3CCOCC3)[C@H](Cl)C[C@H]2O)cc1. The standard InChI is InChI=1S/C30H46ClNO4/c1-2-3-4-7-10-24-13-15-25(16-14-24)30-26(27(31)23-28(30)33)11-8-5-6-9-12-29(34)36-22-19-32-17-20-35-21-18-32/h5,8,13-16,26-28,30,33H,2-4,6-7,9-12,17-23H2,1H3/b8-5-/t26-,27+,28+,30+/m0/s1. The molecule has 202 valence electrons. The molecule has 4 atom stereocenters. The van der Waals surface area contributed by atoms with Gasteiger partial charge in [-0.3, -0.25) is 9.69 Å². The van der Waals surface area contributed by atoms with E-state index < -0.39 is 6.10 Å². The topological polar surface area (TPSA) is 59.0 Å². The highest BCUT2D eigenvalue weighted by molar-refractivity contribution is 6.21. The second-order valence-electron chi connectivity index (χ2n) is 10.3. The van der Waals surface area contributed by atoms with Gasteiger partial charge in [0.05, 0.1) is 19.3 Å². The molecule has 0 aromatic heterocycles. The molecule has 1 saturated carbocycles. The van der Waals surface area contributed by atoms with Crippen LogP contribution in [-0.4, -0.2) is 66.9 Å². The Morgan fingerprint density at radius 1 is 1.14 bits per heavy atom. The molecule has 1 N–H and O–H groups in total. The predicted molar refractivity (Wildman–Crippen MR) is 147 cm³/mol. The van der Waals surface area contributed by atoms with Crippen molar-refractivity contribution in [3.63, 3.8) is 0 Å². The number of unbranched alkanes of at least 4 members (excludes halogenated alkanes) is 4. The molecule has 6 heteroatoms. The van der Waals surface area contributed by atoms with Crippen molar-refractivity contribution in [2.75, 3.05) is 39.5 Å². The number of rotatable bonds is 15. The number of benzene rings is 1. The van der Waals surface area contributed by atoms with Gasteiger partial charge in [-0.2, -0.15) is 0 Å². The van der Waals surface area contributed by atoms with E-state index in [2.05, 4.69) is 48.2 Å². The molecule has 1 aromatic carbocycles. The maximum Gasteiger partial charge on any atom is 0.305 e. The number of carbonyl (C=O) groups excluding carboxylic acids is 1. The molecule has 3 rings (SSSR count). The normalized spacial score (nSPS) is 25.0. The van der Waals surface area contributed by atoms with E-state index in [1.807, 2.05) is 0 Å². The Morgan fingerprint density at radius 2 is 1.92 bits per heavy atom. The third-order valence-corrected chi connectivity index (χ3v) is 8.09. The van der Waals surface area contributed by atoms with Crippen molar-refractivity contribution in [3.8, 4) is 0 Å². The lowest BCUT2D eigenvalue weighted by molar-refractivity contribution is -0.144. The quantitative estimate of drug-likeness (QED) is 0.136. The summed E-state index contributed by atoms with van der Waals surface area (Å²) in [7, 11) is 0. The summed E-state index contributed by atoms with van der Waals surface area (Å²) >= 11 is 6.67. The maximum absolute atomic E-state index is 12.0. The number of ether oxygens (including phenoxy) is 2. The van der Waals surface area contributed by atoms with E-state index in [1.54, 1.807) is 0 Å².